The highest BCUT2D eigenvalue weighted by molar-refractivity contribution is 5.95. The fourth-order valence-corrected chi connectivity index (χ4v) is 2.12. The van der Waals surface area contributed by atoms with Gasteiger partial charge in [-0.25, -0.2) is 0 Å². The molecule has 2 aromatic rings. The molecule has 0 heterocycles. The number of methoxy groups -OCH3 is 1. The van der Waals surface area contributed by atoms with Gasteiger partial charge in [-0.1, -0.05) is 42.2 Å². The topological polar surface area (TPSA) is 9.23 Å². The third kappa shape index (κ3) is 2.53. The van der Waals surface area contributed by atoms with E-state index in [1.54, 1.807) is 36.4 Å². The highest BCUT2D eigenvalue weighted by atomic mass is 19.3. The Bertz CT molecular complexity index is 747. The number of allylic oxidation sites excluding steroid dienone is 2. The van der Waals surface area contributed by atoms with Crippen molar-refractivity contribution in [2.75, 3.05) is 7.11 Å². The molecule has 2 aromatic carbocycles. The quantitative estimate of drug-likeness (QED) is 0.752. The summed E-state index contributed by atoms with van der Waals surface area (Å²) in [6.07, 6.45) is 0. The van der Waals surface area contributed by atoms with Crippen molar-refractivity contribution in [1.29, 1.82) is 0 Å². The van der Waals surface area contributed by atoms with Crippen LogP contribution >= 0.6 is 0 Å². The Labute approximate surface area is 121 Å². The SMILES string of the molecule is COc1ccc(C2=C(C#Cc3ccccc3)C2(F)F)cc1. The first kappa shape index (κ1) is 13.4. The Hall–Kier alpha value is -2.60. The maximum absolute atomic E-state index is 13.8. The number of halogens is 2. The fourth-order valence-electron chi connectivity index (χ4n) is 2.12. The Morgan fingerprint density at radius 2 is 1.57 bits per heavy atom. The van der Waals surface area contributed by atoms with E-state index >= 15 is 0 Å². The minimum Gasteiger partial charge on any atom is -0.497 e. The van der Waals surface area contributed by atoms with E-state index in [1.165, 1.54) is 7.11 Å². The van der Waals surface area contributed by atoms with Crippen LogP contribution in [-0.2, 0) is 0 Å². The van der Waals surface area contributed by atoms with Gasteiger partial charge in [-0.15, -0.1) is 0 Å². The smallest absolute Gasteiger partial charge is 0.308 e. The van der Waals surface area contributed by atoms with Crippen LogP contribution in [0.15, 0.2) is 60.2 Å². The van der Waals surface area contributed by atoms with E-state index in [9.17, 15) is 8.78 Å². The first-order valence-electron chi connectivity index (χ1n) is 6.47. The predicted molar refractivity (Wildman–Crippen MR) is 78.2 cm³/mol. The largest absolute Gasteiger partial charge is 0.497 e. The van der Waals surface area contributed by atoms with E-state index in [-0.39, 0.29) is 11.1 Å². The Balaban J connectivity index is 1.90. The average molecular weight is 282 g/mol. The molecule has 0 N–H and O–H groups in total. The van der Waals surface area contributed by atoms with E-state index in [4.69, 9.17) is 4.74 Å². The van der Waals surface area contributed by atoms with Crippen molar-refractivity contribution in [3.63, 3.8) is 0 Å². The molecule has 0 saturated heterocycles. The summed E-state index contributed by atoms with van der Waals surface area (Å²) in [4.78, 5) is 0. The summed E-state index contributed by atoms with van der Waals surface area (Å²) in [6, 6.07) is 15.7. The number of alkyl halides is 2. The first-order valence-corrected chi connectivity index (χ1v) is 6.47. The molecule has 3 heteroatoms. The second-order valence-electron chi connectivity index (χ2n) is 4.67. The molecular formula is C18H12F2O. The summed E-state index contributed by atoms with van der Waals surface area (Å²) in [5.41, 5.74) is 1.12. The maximum Gasteiger partial charge on any atom is 0.308 e. The van der Waals surface area contributed by atoms with Crippen LogP contribution in [0.4, 0.5) is 8.78 Å². The summed E-state index contributed by atoms with van der Waals surface area (Å²) >= 11 is 0. The molecule has 0 saturated carbocycles. The van der Waals surface area contributed by atoms with Crippen LogP contribution in [0.5, 0.6) is 5.75 Å². The number of hydrogen-bond acceptors (Lipinski definition) is 1. The van der Waals surface area contributed by atoms with Gasteiger partial charge in [-0.3, -0.25) is 0 Å². The van der Waals surface area contributed by atoms with Crippen molar-refractivity contribution in [3.8, 4) is 17.6 Å². The summed E-state index contributed by atoms with van der Waals surface area (Å²) in [6.45, 7) is 0. The van der Waals surface area contributed by atoms with E-state index in [1.807, 2.05) is 18.2 Å². The van der Waals surface area contributed by atoms with Gasteiger partial charge in [-0.2, -0.15) is 8.78 Å². The molecule has 0 bridgehead atoms. The van der Waals surface area contributed by atoms with E-state index in [2.05, 4.69) is 11.8 Å². The molecule has 3 rings (SSSR count). The highest BCUT2D eigenvalue weighted by Gasteiger charge is 2.56. The van der Waals surface area contributed by atoms with Gasteiger partial charge in [0.2, 0.25) is 0 Å². The number of ether oxygens (including phenoxy) is 1. The molecule has 1 aliphatic rings. The lowest BCUT2D eigenvalue weighted by molar-refractivity contribution is 0.153. The van der Waals surface area contributed by atoms with Crippen LogP contribution in [-0.4, -0.2) is 13.0 Å². The van der Waals surface area contributed by atoms with Gasteiger partial charge in [0.25, 0.3) is 0 Å². The fraction of sp³-hybridized carbons (Fsp3) is 0.111. The molecule has 0 aromatic heterocycles. The second kappa shape index (κ2) is 5.06. The molecule has 0 atom stereocenters. The molecule has 0 amide bonds. The molecular weight excluding hydrogens is 270 g/mol. The summed E-state index contributed by atoms with van der Waals surface area (Å²) in [5.74, 6) is 3.08. The molecule has 104 valence electrons. The lowest BCUT2D eigenvalue weighted by atomic mass is 10.1. The van der Waals surface area contributed by atoms with Gasteiger partial charge in [-0.05, 0) is 29.8 Å². The predicted octanol–water partition coefficient (Wildman–Crippen LogP) is 4.15. The molecule has 0 unspecified atom stereocenters. The van der Waals surface area contributed by atoms with Crippen LogP contribution < -0.4 is 4.74 Å². The normalized spacial score (nSPS) is 15.2. The van der Waals surface area contributed by atoms with Crippen molar-refractivity contribution >= 4 is 5.57 Å². The molecule has 1 aliphatic carbocycles. The van der Waals surface area contributed by atoms with Crippen LogP contribution in [0.1, 0.15) is 11.1 Å². The average Bonchev–Trinajstić information content (AvgIpc) is 3.07. The first-order chi connectivity index (χ1) is 10.1. The van der Waals surface area contributed by atoms with Crippen LogP contribution in [0.25, 0.3) is 5.57 Å². The molecule has 0 spiro atoms. The summed E-state index contributed by atoms with van der Waals surface area (Å²) in [7, 11) is 1.54. The minimum atomic E-state index is -2.92. The van der Waals surface area contributed by atoms with Gasteiger partial charge in [0.05, 0.1) is 18.3 Å². The van der Waals surface area contributed by atoms with E-state index in [0.717, 1.165) is 5.56 Å². The minimum absolute atomic E-state index is 0.00795. The molecule has 0 fully saturated rings. The lowest BCUT2D eigenvalue weighted by Crippen LogP contribution is -1.96. The van der Waals surface area contributed by atoms with Crippen molar-refractivity contribution < 1.29 is 13.5 Å². The highest BCUT2D eigenvalue weighted by Crippen LogP contribution is 2.54. The molecule has 1 nitrogen and oxygen atoms in total. The van der Waals surface area contributed by atoms with E-state index < -0.39 is 5.92 Å². The van der Waals surface area contributed by atoms with Crippen molar-refractivity contribution in [2.24, 2.45) is 0 Å². The molecule has 0 radical (unpaired) electrons. The Morgan fingerprint density at radius 1 is 0.905 bits per heavy atom. The van der Waals surface area contributed by atoms with Crippen molar-refractivity contribution in [1.82, 2.24) is 0 Å². The molecule has 21 heavy (non-hydrogen) atoms. The Morgan fingerprint density at radius 3 is 2.19 bits per heavy atom. The van der Waals surface area contributed by atoms with Crippen LogP contribution in [0, 0.1) is 11.8 Å². The summed E-state index contributed by atoms with van der Waals surface area (Å²) < 4.78 is 32.7. The van der Waals surface area contributed by atoms with Gasteiger partial charge >= 0.3 is 5.92 Å². The van der Waals surface area contributed by atoms with Gasteiger partial charge in [0.15, 0.2) is 0 Å². The summed E-state index contributed by atoms with van der Waals surface area (Å²) in [5, 5.41) is 0. The van der Waals surface area contributed by atoms with Gasteiger partial charge in [0.1, 0.15) is 5.75 Å². The van der Waals surface area contributed by atoms with Gasteiger partial charge in [0, 0.05) is 5.56 Å². The zero-order valence-electron chi connectivity index (χ0n) is 11.4. The maximum atomic E-state index is 13.8. The monoisotopic (exact) mass is 282 g/mol. The zero-order chi connectivity index (χ0) is 14.9. The molecule has 0 aliphatic heterocycles. The Kier molecular flexibility index (Phi) is 3.23. The van der Waals surface area contributed by atoms with Crippen molar-refractivity contribution in [2.45, 2.75) is 5.92 Å². The van der Waals surface area contributed by atoms with Crippen LogP contribution in [0.2, 0.25) is 0 Å². The zero-order valence-corrected chi connectivity index (χ0v) is 11.4. The lowest BCUT2D eigenvalue weighted by Gasteiger charge is -2.00. The standard InChI is InChI=1S/C18H12F2O/c1-21-15-10-8-14(9-11-15)17-16(18(17,19)20)12-7-13-5-3-2-4-6-13/h2-6,8-11H,1H3. The number of hydrogen-bond donors (Lipinski definition) is 0. The van der Waals surface area contributed by atoms with Crippen molar-refractivity contribution in [3.05, 3.63) is 71.3 Å². The second-order valence-corrected chi connectivity index (χ2v) is 4.67. The number of rotatable bonds is 2. The van der Waals surface area contributed by atoms with Gasteiger partial charge < -0.3 is 4.74 Å². The third-order valence-corrected chi connectivity index (χ3v) is 3.30. The van der Waals surface area contributed by atoms with Crippen LogP contribution in [0.3, 0.4) is 0 Å². The van der Waals surface area contributed by atoms with E-state index in [0.29, 0.717) is 11.3 Å². The third-order valence-electron chi connectivity index (χ3n) is 3.30. The number of benzene rings is 2.